The molecule has 6 nitrogen and oxygen atoms in total. The van der Waals surface area contributed by atoms with Crippen LogP contribution in [0.15, 0.2) is 66.4 Å². The van der Waals surface area contributed by atoms with Gasteiger partial charge in [-0.1, -0.05) is 54.6 Å². The summed E-state index contributed by atoms with van der Waals surface area (Å²) < 4.78 is 5.03. The molecule has 0 spiro atoms. The molecule has 1 aliphatic carbocycles. The van der Waals surface area contributed by atoms with Crippen LogP contribution in [0.25, 0.3) is 0 Å². The van der Waals surface area contributed by atoms with Crippen molar-refractivity contribution in [2.45, 2.75) is 24.8 Å². The highest BCUT2D eigenvalue weighted by Crippen LogP contribution is 2.54. The predicted octanol–water partition coefficient (Wildman–Crippen LogP) is 1.72. The van der Waals surface area contributed by atoms with Crippen molar-refractivity contribution in [3.63, 3.8) is 0 Å². The normalized spacial score (nSPS) is 25.8. The number of Topliss-reactive ketones (excluding diaryl/α,β-unsaturated/α-hetero) is 1. The smallest absolute Gasteiger partial charge is 0.339 e. The number of rotatable bonds is 4. The van der Waals surface area contributed by atoms with Gasteiger partial charge in [0.2, 0.25) is 17.1 Å². The monoisotopic (exact) mass is 365 g/mol. The minimum Gasteiger partial charge on any atom is -0.462 e. The van der Waals surface area contributed by atoms with E-state index in [1.54, 1.807) is 25.1 Å². The van der Waals surface area contributed by atoms with Gasteiger partial charge in [0.15, 0.2) is 0 Å². The molecule has 2 aromatic carbocycles. The molecule has 1 heterocycles. The van der Waals surface area contributed by atoms with Crippen molar-refractivity contribution in [2.75, 3.05) is 6.61 Å². The second-order valence-corrected chi connectivity index (χ2v) is 6.63. The average molecular weight is 365 g/mol. The van der Waals surface area contributed by atoms with E-state index in [0.717, 1.165) is 5.56 Å². The third-order valence-corrected chi connectivity index (χ3v) is 5.16. The van der Waals surface area contributed by atoms with Crippen LogP contribution in [0.1, 0.15) is 28.4 Å². The standard InChI is InChI=1S/C21H19NO5/c1-2-27-19(24)17-13-22(12-14-8-4-3-5-9-14)21(26)16-11-7-6-10-15(16)18(23)20(17,21)25/h3-11,13,25-26H,2,12H2,1H3/t20-,21+/m0/s1. The van der Waals surface area contributed by atoms with Gasteiger partial charge < -0.3 is 19.8 Å². The Kier molecular flexibility index (Phi) is 3.91. The fraction of sp³-hybridized carbons (Fsp3) is 0.238. The van der Waals surface area contributed by atoms with Gasteiger partial charge in [-0.2, -0.15) is 0 Å². The van der Waals surface area contributed by atoms with E-state index in [-0.39, 0.29) is 29.9 Å². The molecule has 0 radical (unpaired) electrons. The molecule has 2 atom stereocenters. The van der Waals surface area contributed by atoms with Crippen molar-refractivity contribution < 1.29 is 24.5 Å². The lowest BCUT2D eigenvalue weighted by Gasteiger charge is -2.39. The van der Waals surface area contributed by atoms with E-state index in [9.17, 15) is 19.8 Å². The van der Waals surface area contributed by atoms with Crippen molar-refractivity contribution in [2.24, 2.45) is 0 Å². The van der Waals surface area contributed by atoms with Gasteiger partial charge in [0.25, 0.3) is 0 Å². The molecule has 2 N–H and O–H groups in total. The summed E-state index contributed by atoms with van der Waals surface area (Å²) in [7, 11) is 0. The molecular weight excluding hydrogens is 346 g/mol. The molecule has 0 saturated carbocycles. The summed E-state index contributed by atoms with van der Waals surface area (Å²) in [6.07, 6.45) is 1.33. The Labute approximate surface area is 156 Å². The molecule has 0 fully saturated rings. The van der Waals surface area contributed by atoms with Crippen molar-refractivity contribution in [3.05, 3.63) is 83.1 Å². The molecule has 2 aromatic rings. The highest BCUT2D eigenvalue weighted by Gasteiger charge is 2.71. The lowest BCUT2D eigenvalue weighted by atomic mass is 9.85. The van der Waals surface area contributed by atoms with Crippen molar-refractivity contribution >= 4 is 11.8 Å². The number of benzene rings is 2. The number of carbonyl (C=O) groups is 2. The number of aliphatic hydroxyl groups is 2. The quantitative estimate of drug-likeness (QED) is 0.803. The maximum Gasteiger partial charge on any atom is 0.339 e. The highest BCUT2D eigenvalue weighted by atomic mass is 16.5. The zero-order valence-electron chi connectivity index (χ0n) is 14.8. The maximum absolute atomic E-state index is 13.0. The molecule has 4 rings (SSSR count). The van der Waals surface area contributed by atoms with Crippen molar-refractivity contribution in [3.8, 4) is 0 Å². The Morgan fingerprint density at radius 2 is 1.74 bits per heavy atom. The van der Waals surface area contributed by atoms with E-state index < -0.39 is 23.1 Å². The second-order valence-electron chi connectivity index (χ2n) is 6.63. The van der Waals surface area contributed by atoms with Crippen LogP contribution in [-0.4, -0.2) is 39.1 Å². The fourth-order valence-corrected chi connectivity index (χ4v) is 3.90. The first kappa shape index (κ1) is 17.5. The summed E-state index contributed by atoms with van der Waals surface area (Å²) in [5, 5.41) is 23.0. The number of hydrogen-bond acceptors (Lipinski definition) is 6. The average Bonchev–Trinajstić information content (AvgIpc) is 3.01. The molecule has 0 aromatic heterocycles. The zero-order valence-corrected chi connectivity index (χ0v) is 14.8. The van der Waals surface area contributed by atoms with E-state index in [1.807, 2.05) is 30.3 Å². The largest absolute Gasteiger partial charge is 0.462 e. The number of esters is 1. The van der Waals surface area contributed by atoms with Crippen molar-refractivity contribution in [1.29, 1.82) is 0 Å². The van der Waals surface area contributed by atoms with Crippen LogP contribution in [0.3, 0.4) is 0 Å². The van der Waals surface area contributed by atoms with Gasteiger partial charge in [-0.05, 0) is 12.5 Å². The molecule has 0 amide bonds. The van der Waals surface area contributed by atoms with Crippen LogP contribution in [-0.2, 0) is 21.8 Å². The molecule has 27 heavy (non-hydrogen) atoms. The van der Waals surface area contributed by atoms with Gasteiger partial charge in [0.05, 0.1) is 12.2 Å². The number of nitrogens with zero attached hydrogens (tertiary/aromatic N) is 1. The maximum atomic E-state index is 13.0. The molecule has 1 aliphatic heterocycles. The number of hydrogen-bond donors (Lipinski definition) is 2. The van der Waals surface area contributed by atoms with Gasteiger partial charge in [-0.3, -0.25) is 4.79 Å². The summed E-state index contributed by atoms with van der Waals surface area (Å²) in [5.74, 6) is -1.54. The van der Waals surface area contributed by atoms with Crippen LogP contribution in [0.4, 0.5) is 0 Å². The topological polar surface area (TPSA) is 87.1 Å². The van der Waals surface area contributed by atoms with E-state index in [1.165, 1.54) is 17.2 Å². The molecule has 6 heteroatoms. The first-order chi connectivity index (χ1) is 12.9. The minimum absolute atomic E-state index is 0.0878. The van der Waals surface area contributed by atoms with E-state index in [4.69, 9.17) is 4.74 Å². The summed E-state index contributed by atoms with van der Waals surface area (Å²) in [6.45, 7) is 1.92. The van der Waals surface area contributed by atoms with E-state index in [2.05, 4.69) is 0 Å². The Morgan fingerprint density at radius 1 is 1.07 bits per heavy atom. The molecule has 0 bridgehead atoms. The van der Waals surface area contributed by atoms with Gasteiger partial charge >= 0.3 is 5.97 Å². The molecule has 138 valence electrons. The Bertz CT molecular complexity index is 954. The van der Waals surface area contributed by atoms with Crippen molar-refractivity contribution in [1.82, 2.24) is 4.90 Å². The second kappa shape index (κ2) is 6.04. The first-order valence-electron chi connectivity index (χ1n) is 8.73. The van der Waals surface area contributed by atoms with E-state index >= 15 is 0 Å². The SMILES string of the molecule is CCOC(=O)C1=CN(Cc2ccccc2)[C@@]2(O)c3ccccc3C(=O)[C@@]12O. The van der Waals surface area contributed by atoms with Crippen LogP contribution in [0.5, 0.6) is 0 Å². The third-order valence-electron chi connectivity index (χ3n) is 5.16. The van der Waals surface area contributed by atoms with Gasteiger partial charge in [-0.15, -0.1) is 0 Å². The molecule has 0 unspecified atom stereocenters. The number of ketones is 1. The summed E-state index contributed by atoms with van der Waals surface area (Å²) >= 11 is 0. The van der Waals surface area contributed by atoms with Crippen LogP contribution < -0.4 is 0 Å². The predicted molar refractivity (Wildman–Crippen MR) is 96.3 cm³/mol. The van der Waals surface area contributed by atoms with Crippen LogP contribution in [0.2, 0.25) is 0 Å². The van der Waals surface area contributed by atoms with Gasteiger partial charge in [0.1, 0.15) is 0 Å². The van der Waals surface area contributed by atoms with E-state index in [0.29, 0.717) is 0 Å². The fourth-order valence-electron chi connectivity index (χ4n) is 3.90. The number of ether oxygens (including phenoxy) is 1. The van der Waals surface area contributed by atoms with Gasteiger partial charge in [0, 0.05) is 23.9 Å². The lowest BCUT2D eigenvalue weighted by molar-refractivity contribution is -0.175. The minimum atomic E-state index is -2.42. The Balaban J connectivity index is 1.88. The molecule has 2 aliphatic rings. The summed E-state index contributed by atoms with van der Waals surface area (Å²) in [4.78, 5) is 27.0. The third kappa shape index (κ3) is 2.20. The number of carbonyl (C=O) groups excluding carboxylic acids is 2. The Hall–Kier alpha value is -2.96. The first-order valence-corrected chi connectivity index (χ1v) is 8.73. The molecule has 0 saturated heterocycles. The zero-order chi connectivity index (χ0) is 19.2. The summed E-state index contributed by atoms with van der Waals surface area (Å²) in [6, 6.07) is 15.8. The van der Waals surface area contributed by atoms with Crippen LogP contribution >= 0.6 is 0 Å². The highest BCUT2D eigenvalue weighted by molar-refractivity contribution is 6.16. The summed E-state index contributed by atoms with van der Waals surface area (Å²) in [5.41, 5.74) is -3.45. The van der Waals surface area contributed by atoms with Crippen LogP contribution in [0, 0.1) is 0 Å². The lowest BCUT2D eigenvalue weighted by Crippen LogP contribution is -2.57. The number of fused-ring (bicyclic) bond motifs is 3. The Morgan fingerprint density at radius 3 is 2.44 bits per heavy atom. The van der Waals surface area contributed by atoms with Gasteiger partial charge in [-0.25, -0.2) is 4.79 Å². The molecular formula is C21H19NO5.